The van der Waals surface area contributed by atoms with Gasteiger partial charge in [0.05, 0.1) is 31.8 Å². The van der Waals surface area contributed by atoms with Gasteiger partial charge >= 0.3 is 0 Å². The molecule has 6 nitrogen and oxygen atoms in total. The molecule has 0 saturated heterocycles. The maximum absolute atomic E-state index is 10.7. The number of aliphatic hydroxyl groups is 1. The summed E-state index contributed by atoms with van der Waals surface area (Å²) in [7, 11) is 1.58. The van der Waals surface area contributed by atoms with E-state index >= 15 is 0 Å². The number of hydrogen-bond acceptors (Lipinski definition) is 5. The van der Waals surface area contributed by atoms with Gasteiger partial charge in [-0.3, -0.25) is 0 Å². The summed E-state index contributed by atoms with van der Waals surface area (Å²) in [6.07, 6.45) is 0. The molecular weight excluding hydrogens is 525 g/mol. The van der Waals surface area contributed by atoms with Crippen molar-refractivity contribution in [1.29, 1.82) is 0 Å². The Morgan fingerprint density at radius 2 is 2.07 bits per heavy atom. The van der Waals surface area contributed by atoms with Gasteiger partial charge in [-0.15, -0.1) is 35.3 Å². The maximum atomic E-state index is 10.7. The van der Waals surface area contributed by atoms with Gasteiger partial charge in [-0.05, 0) is 49.9 Å². The topological polar surface area (TPSA) is 75.1 Å². The Morgan fingerprint density at radius 3 is 2.66 bits per heavy atom. The standard InChI is InChI=1S/C20H28ClN3O3S.HI/c1-5-22-19(24-13-20(3,25)17-8-7-9-28-17)23-12-14-10-15(21)18(27-6-2)16(11-14)26-4;/h7-11,25H,5-6,12-13H2,1-4H3,(H2,22,23,24);1H. The largest absolute Gasteiger partial charge is 0.493 e. The van der Waals surface area contributed by atoms with E-state index in [1.54, 1.807) is 14.0 Å². The van der Waals surface area contributed by atoms with Crippen molar-refractivity contribution in [1.82, 2.24) is 10.6 Å². The number of guanidine groups is 1. The van der Waals surface area contributed by atoms with Crippen molar-refractivity contribution in [3.8, 4) is 11.5 Å². The first-order chi connectivity index (χ1) is 13.4. The van der Waals surface area contributed by atoms with Crippen LogP contribution in [0.3, 0.4) is 0 Å². The van der Waals surface area contributed by atoms with Gasteiger partial charge in [0.15, 0.2) is 17.5 Å². The molecule has 9 heteroatoms. The molecule has 0 amide bonds. The van der Waals surface area contributed by atoms with Gasteiger partial charge in [-0.1, -0.05) is 17.7 Å². The van der Waals surface area contributed by atoms with Crippen LogP contribution in [0.15, 0.2) is 34.6 Å². The van der Waals surface area contributed by atoms with Crippen LogP contribution in [0.25, 0.3) is 0 Å². The highest BCUT2D eigenvalue weighted by molar-refractivity contribution is 14.0. The van der Waals surface area contributed by atoms with Gasteiger partial charge in [0.25, 0.3) is 0 Å². The fourth-order valence-electron chi connectivity index (χ4n) is 2.59. The van der Waals surface area contributed by atoms with E-state index in [9.17, 15) is 5.11 Å². The summed E-state index contributed by atoms with van der Waals surface area (Å²) in [5.41, 5.74) is -0.0803. The molecular formula is C20H29ClIN3O3S. The summed E-state index contributed by atoms with van der Waals surface area (Å²) in [6.45, 7) is 7.63. The van der Waals surface area contributed by atoms with Crippen LogP contribution in [0, 0.1) is 0 Å². The predicted molar refractivity (Wildman–Crippen MR) is 131 cm³/mol. The van der Waals surface area contributed by atoms with E-state index in [2.05, 4.69) is 15.6 Å². The Balaban J connectivity index is 0.00000420. The number of benzene rings is 1. The average Bonchev–Trinajstić information content (AvgIpc) is 3.21. The molecule has 3 N–H and O–H groups in total. The SMILES string of the molecule is CCNC(=NCc1cc(Cl)c(OCC)c(OC)c1)NCC(C)(O)c1cccs1.I. The summed E-state index contributed by atoms with van der Waals surface area (Å²) < 4.78 is 10.9. The summed E-state index contributed by atoms with van der Waals surface area (Å²) in [4.78, 5) is 5.49. The van der Waals surface area contributed by atoms with Crippen LogP contribution < -0.4 is 20.1 Å². The molecule has 1 unspecified atom stereocenters. The van der Waals surface area contributed by atoms with Gasteiger partial charge in [-0.25, -0.2) is 4.99 Å². The van der Waals surface area contributed by atoms with Crippen LogP contribution in [0.5, 0.6) is 11.5 Å². The molecule has 0 saturated carbocycles. The fraction of sp³-hybridized carbons (Fsp3) is 0.450. The zero-order chi connectivity index (χ0) is 20.6. The quantitative estimate of drug-likeness (QED) is 0.244. The lowest BCUT2D eigenvalue weighted by molar-refractivity contribution is 0.0655. The van der Waals surface area contributed by atoms with E-state index in [1.807, 2.05) is 43.5 Å². The number of halogens is 2. The van der Waals surface area contributed by atoms with Crippen molar-refractivity contribution in [2.45, 2.75) is 32.9 Å². The number of thiophene rings is 1. The van der Waals surface area contributed by atoms with Crippen LogP contribution >= 0.6 is 46.9 Å². The minimum absolute atomic E-state index is 0. The number of ether oxygens (including phenoxy) is 2. The molecule has 0 radical (unpaired) electrons. The number of nitrogens with one attached hydrogen (secondary N) is 2. The lowest BCUT2D eigenvalue weighted by Gasteiger charge is -2.23. The maximum Gasteiger partial charge on any atom is 0.191 e. The van der Waals surface area contributed by atoms with Crippen molar-refractivity contribution in [3.05, 3.63) is 45.1 Å². The molecule has 1 atom stereocenters. The summed E-state index contributed by atoms with van der Waals surface area (Å²) in [6, 6.07) is 7.54. The van der Waals surface area contributed by atoms with E-state index in [0.29, 0.717) is 48.7 Å². The zero-order valence-corrected chi connectivity index (χ0v) is 21.0. The number of methoxy groups -OCH3 is 1. The highest BCUT2D eigenvalue weighted by Crippen LogP contribution is 2.36. The number of rotatable bonds is 9. The van der Waals surface area contributed by atoms with Crippen molar-refractivity contribution in [3.63, 3.8) is 0 Å². The Hall–Kier alpha value is -1.23. The predicted octanol–water partition coefficient (Wildman–Crippen LogP) is 4.39. The minimum Gasteiger partial charge on any atom is -0.493 e. The fourth-order valence-corrected chi connectivity index (χ4v) is 3.66. The molecule has 1 aromatic carbocycles. The molecule has 0 fully saturated rings. The molecule has 2 rings (SSSR count). The van der Waals surface area contributed by atoms with E-state index in [1.165, 1.54) is 11.3 Å². The Labute approximate surface area is 198 Å². The van der Waals surface area contributed by atoms with Crippen molar-refractivity contribution in [2.24, 2.45) is 4.99 Å². The van der Waals surface area contributed by atoms with Gasteiger partial charge in [0, 0.05) is 11.4 Å². The molecule has 0 bridgehead atoms. The van der Waals surface area contributed by atoms with E-state index in [-0.39, 0.29) is 24.0 Å². The minimum atomic E-state index is -0.976. The highest BCUT2D eigenvalue weighted by Gasteiger charge is 2.24. The number of aliphatic imine (C=N–C) groups is 1. The third kappa shape index (κ3) is 7.51. The Kier molecular flexibility index (Phi) is 11.1. The Bertz CT molecular complexity index is 786. The van der Waals surface area contributed by atoms with Gasteiger partial charge < -0.3 is 25.2 Å². The zero-order valence-electron chi connectivity index (χ0n) is 17.1. The van der Waals surface area contributed by atoms with Crippen molar-refractivity contribution < 1.29 is 14.6 Å². The van der Waals surface area contributed by atoms with Crippen LogP contribution in [0.4, 0.5) is 0 Å². The van der Waals surface area contributed by atoms with Gasteiger partial charge in [-0.2, -0.15) is 0 Å². The molecule has 0 aliphatic rings. The van der Waals surface area contributed by atoms with Gasteiger partial charge in [0.1, 0.15) is 5.60 Å². The molecule has 0 aliphatic heterocycles. The molecule has 1 aromatic heterocycles. The highest BCUT2D eigenvalue weighted by atomic mass is 127. The smallest absolute Gasteiger partial charge is 0.191 e. The molecule has 2 aromatic rings. The lowest BCUT2D eigenvalue weighted by atomic mass is 10.1. The molecule has 0 aliphatic carbocycles. The first kappa shape index (κ1) is 25.8. The normalized spacial score (nSPS) is 13.2. The molecule has 29 heavy (non-hydrogen) atoms. The van der Waals surface area contributed by atoms with Crippen LogP contribution in [0.2, 0.25) is 5.02 Å². The summed E-state index contributed by atoms with van der Waals surface area (Å²) in [5.74, 6) is 1.73. The van der Waals surface area contributed by atoms with Crippen molar-refractivity contribution in [2.75, 3.05) is 26.8 Å². The molecule has 162 valence electrons. The van der Waals surface area contributed by atoms with E-state index in [0.717, 1.165) is 10.4 Å². The third-order valence-electron chi connectivity index (χ3n) is 3.99. The van der Waals surface area contributed by atoms with Gasteiger partial charge in [0.2, 0.25) is 0 Å². The lowest BCUT2D eigenvalue weighted by Crippen LogP contribution is -2.44. The molecule has 0 spiro atoms. The molecule has 1 heterocycles. The van der Waals surface area contributed by atoms with Crippen LogP contribution in [-0.2, 0) is 12.1 Å². The summed E-state index contributed by atoms with van der Waals surface area (Å²) >= 11 is 7.86. The second-order valence-electron chi connectivity index (χ2n) is 6.34. The monoisotopic (exact) mass is 553 g/mol. The van der Waals surface area contributed by atoms with E-state index in [4.69, 9.17) is 21.1 Å². The summed E-state index contributed by atoms with van der Waals surface area (Å²) in [5, 5.41) is 19.5. The number of hydrogen-bond donors (Lipinski definition) is 3. The first-order valence-electron chi connectivity index (χ1n) is 9.19. The average molecular weight is 554 g/mol. The van der Waals surface area contributed by atoms with E-state index < -0.39 is 5.60 Å². The van der Waals surface area contributed by atoms with Crippen LogP contribution in [0.1, 0.15) is 31.2 Å². The second kappa shape index (κ2) is 12.5. The third-order valence-corrected chi connectivity index (χ3v) is 5.40. The number of nitrogens with zero attached hydrogens (tertiary/aromatic N) is 1. The second-order valence-corrected chi connectivity index (χ2v) is 7.70. The Morgan fingerprint density at radius 1 is 1.31 bits per heavy atom. The first-order valence-corrected chi connectivity index (χ1v) is 10.4. The van der Waals surface area contributed by atoms with Crippen LogP contribution in [-0.4, -0.2) is 37.9 Å². The van der Waals surface area contributed by atoms with Crippen molar-refractivity contribution >= 4 is 52.9 Å².